The molecule has 0 aliphatic carbocycles. The Bertz CT molecular complexity index is 754. The fraction of sp³-hybridized carbons (Fsp3) is 0.400. The highest BCUT2D eigenvalue weighted by atomic mass is 16.2. The third-order valence-corrected chi connectivity index (χ3v) is 4.85. The maximum absolute atomic E-state index is 12.3. The molecular weight excluding hydrogens is 314 g/mol. The van der Waals surface area contributed by atoms with Crippen molar-refractivity contribution < 1.29 is 9.59 Å². The molecule has 5 nitrogen and oxygen atoms in total. The second-order valence-corrected chi connectivity index (χ2v) is 6.56. The summed E-state index contributed by atoms with van der Waals surface area (Å²) in [6.45, 7) is 1.56. The van der Waals surface area contributed by atoms with Gasteiger partial charge in [0.25, 0.3) is 0 Å². The van der Waals surface area contributed by atoms with Crippen LogP contribution in [-0.4, -0.2) is 49.4 Å². The van der Waals surface area contributed by atoms with Gasteiger partial charge in [-0.25, -0.2) is 0 Å². The molecule has 2 aromatic carbocycles. The van der Waals surface area contributed by atoms with Crippen LogP contribution >= 0.6 is 0 Å². The molecule has 1 heterocycles. The smallest absolute Gasteiger partial charge is 0.242 e. The molecule has 1 unspecified atom stereocenters. The van der Waals surface area contributed by atoms with Crippen molar-refractivity contribution in [3.63, 3.8) is 0 Å². The minimum atomic E-state index is -0.119. The predicted octanol–water partition coefficient (Wildman–Crippen LogP) is 1.71. The van der Waals surface area contributed by atoms with Crippen LogP contribution in [0.2, 0.25) is 0 Å². The fourth-order valence-electron chi connectivity index (χ4n) is 3.41. The normalized spacial score (nSPS) is 17.5. The quantitative estimate of drug-likeness (QED) is 0.872. The first-order valence-corrected chi connectivity index (χ1v) is 8.86. The number of likely N-dealkylation sites (tertiary alicyclic amines) is 1. The van der Waals surface area contributed by atoms with E-state index in [0.717, 1.165) is 35.7 Å². The summed E-state index contributed by atoms with van der Waals surface area (Å²) in [6, 6.07) is 14.3. The minimum Gasteiger partial charge on any atom is -0.347 e. The van der Waals surface area contributed by atoms with Crippen LogP contribution in [0, 0.1) is 0 Å². The highest BCUT2D eigenvalue weighted by molar-refractivity contribution is 5.91. The highest BCUT2D eigenvalue weighted by Gasteiger charge is 2.22. The summed E-state index contributed by atoms with van der Waals surface area (Å²) in [5.74, 6) is -0.127. The van der Waals surface area contributed by atoms with E-state index in [-0.39, 0.29) is 24.8 Å². The van der Waals surface area contributed by atoms with Crippen molar-refractivity contribution in [2.75, 3.05) is 26.7 Å². The molecule has 1 aliphatic heterocycles. The number of rotatable bonds is 5. The highest BCUT2D eigenvalue weighted by Crippen LogP contribution is 2.18. The average Bonchev–Trinajstić information content (AvgIpc) is 2.66. The van der Waals surface area contributed by atoms with Crippen LogP contribution in [0.5, 0.6) is 0 Å². The Balaban J connectivity index is 1.55. The van der Waals surface area contributed by atoms with Gasteiger partial charge in [0.2, 0.25) is 11.8 Å². The van der Waals surface area contributed by atoms with Gasteiger partial charge in [-0.05, 0) is 36.2 Å². The number of nitrogens with one attached hydrogen (secondary N) is 2. The first-order valence-electron chi connectivity index (χ1n) is 8.86. The van der Waals surface area contributed by atoms with E-state index in [9.17, 15) is 9.59 Å². The summed E-state index contributed by atoms with van der Waals surface area (Å²) in [5, 5.41) is 8.20. The Morgan fingerprint density at radius 1 is 1.16 bits per heavy atom. The molecule has 1 saturated heterocycles. The standard InChI is InChI=1S/C20H25N3O2/c1-21-17-9-5-11-23(14-17)20(25)13-22-19(24)12-16-8-4-7-15-6-2-3-10-18(15)16/h2-4,6-8,10,17,21H,5,9,11-14H2,1H3,(H,22,24). The zero-order valence-corrected chi connectivity index (χ0v) is 14.6. The third-order valence-electron chi connectivity index (χ3n) is 4.85. The molecule has 2 aromatic rings. The number of hydrogen-bond acceptors (Lipinski definition) is 3. The fourth-order valence-corrected chi connectivity index (χ4v) is 3.41. The number of hydrogen-bond donors (Lipinski definition) is 2. The number of likely N-dealkylation sites (N-methyl/N-ethyl adjacent to an activating group) is 1. The molecule has 2 amide bonds. The Labute approximate surface area is 148 Å². The Morgan fingerprint density at radius 2 is 1.96 bits per heavy atom. The van der Waals surface area contributed by atoms with Crippen molar-refractivity contribution in [1.82, 2.24) is 15.5 Å². The summed E-state index contributed by atoms with van der Waals surface area (Å²) in [4.78, 5) is 26.4. The molecule has 3 rings (SSSR count). The van der Waals surface area contributed by atoms with Crippen LogP contribution in [0.1, 0.15) is 18.4 Å². The van der Waals surface area contributed by atoms with Crippen LogP contribution < -0.4 is 10.6 Å². The summed E-state index contributed by atoms with van der Waals surface area (Å²) in [5.41, 5.74) is 0.983. The predicted molar refractivity (Wildman–Crippen MR) is 99.3 cm³/mol. The first kappa shape index (κ1) is 17.4. The number of carbonyl (C=O) groups excluding carboxylic acids is 2. The maximum atomic E-state index is 12.3. The lowest BCUT2D eigenvalue weighted by molar-refractivity contribution is -0.133. The average molecular weight is 339 g/mol. The van der Waals surface area contributed by atoms with E-state index in [2.05, 4.69) is 10.6 Å². The molecule has 0 saturated carbocycles. The molecule has 132 valence electrons. The van der Waals surface area contributed by atoms with Gasteiger partial charge < -0.3 is 15.5 Å². The van der Waals surface area contributed by atoms with Crippen LogP contribution in [-0.2, 0) is 16.0 Å². The Hall–Kier alpha value is -2.40. The van der Waals surface area contributed by atoms with Crippen molar-refractivity contribution in [3.8, 4) is 0 Å². The van der Waals surface area contributed by atoms with Gasteiger partial charge in [-0.15, -0.1) is 0 Å². The van der Waals surface area contributed by atoms with Crippen molar-refractivity contribution in [2.45, 2.75) is 25.3 Å². The van der Waals surface area contributed by atoms with Crippen molar-refractivity contribution in [1.29, 1.82) is 0 Å². The van der Waals surface area contributed by atoms with E-state index in [0.29, 0.717) is 12.6 Å². The molecule has 0 radical (unpaired) electrons. The van der Waals surface area contributed by atoms with Gasteiger partial charge >= 0.3 is 0 Å². The topological polar surface area (TPSA) is 61.4 Å². The number of amides is 2. The second kappa shape index (κ2) is 8.12. The molecule has 2 N–H and O–H groups in total. The molecule has 1 aliphatic rings. The van der Waals surface area contributed by atoms with E-state index in [1.807, 2.05) is 54.4 Å². The number of carbonyl (C=O) groups is 2. The monoisotopic (exact) mass is 339 g/mol. The van der Waals surface area contributed by atoms with E-state index < -0.39 is 0 Å². The van der Waals surface area contributed by atoms with Crippen molar-refractivity contribution in [3.05, 3.63) is 48.0 Å². The lowest BCUT2D eigenvalue weighted by Crippen LogP contribution is -2.49. The Kier molecular flexibility index (Phi) is 5.66. The number of piperidine rings is 1. The zero-order valence-electron chi connectivity index (χ0n) is 14.6. The summed E-state index contributed by atoms with van der Waals surface area (Å²) < 4.78 is 0. The number of nitrogens with zero attached hydrogens (tertiary/aromatic N) is 1. The van der Waals surface area contributed by atoms with Gasteiger partial charge in [0.1, 0.15) is 0 Å². The van der Waals surface area contributed by atoms with Gasteiger partial charge in [-0.3, -0.25) is 9.59 Å². The van der Waals surface area contributed by atoms with Crippen LogP contribution in [0.25, 0.3) is 10.8 Å². The molecule has 0 spiro atoms. The van der Waals surface area contributed by atoms with E-state index in [1.54, 1.807) is 0 Å². The van der Waals surface area contributed by atoms with Crippen LogP contribution in [0.4, 0.5) is 0 Å². The molecule has 0 bridgehead atoms. The summed E-state index contributed by atoms with van der Waals surface area (Å²) in [7, 11) is 1.92. The lowest BCUT2D eigenvalue weighted by atomic mass is 10.0. The Morgan fingerprint density at radius 3 is 2.80 bits per heavy atom. The first-order chi connectivity index (χ1) is 12.2. The van der Waals surface area contributed by atoms with Crippen molar-refractivity contribution in [2.24, 2.45) is 0 Å². The lowest BCUT2D eigenvalue weighted by Gasteiger charge is -2.32. The van der Waals surface area contributed by atoms with E-state index in [1.165, 1.54) is 0 Å². The van der Waals surface area contributed by atoms with Crippen molar-refractivity contribution >= 4 is 22.6 Å². The summed E-state index contributed by atoms with van der Waals surface area (Å²) >= 11 is 0. The summed E-state index contributed by atoms with van der Waals surface area (Å²) in [6.07, 6.45) is 2.38. The van der Waals surface area contributed by atoms with Gasteiger partial charge in [-0.2, -0.15) is 0 Å². The molecular formula is C20H25N3O2. The third kappa shape index (κ3) is 4.37. The largest absolute Gasteiger partial charge is 0.347 e. The van der Waals surface area contributed by atoms with Gasteiger partial charge in [0.15, 0.2) is 0 Å². The van der Waals surface area contributed by atoms with Crippen LogP contribution in [0.3, 0.4) is 0 Å². The molecule has 1 fully saturated rings. The zero-order chi connectivity index (χ0) is 17.6. The van der Waals surface area contributed by atoms with Gasteiger partial charge in [0, 0.05) is 19.1 Å². The minimum absolute atomic E-state index is 0.00813. The van der Waals surface area contributed by atoms with E-state index >= 15 is 0 Å². The molecule has 25 heavy (non-hydrogen) atoms. The van der Waals surface area contributed by atoms with Gasteiger partial charge in [-0.1, -0.05) is 42.5 Å². The molecule has 5 heteroatoms. The van der Waals surface area contributed by atoms with Gasteiger partial charge in [0.05, 0.1) is 13.0 Å². The molecule has 0 aromatic heterocycles. The maximum Gasteiger partial charge on any atom is 0.242 e. The van der Waals surface area contributed by atoms with Crippen LogP contribution in [0.15, 0.2) is 42.5 Å². The number of benzene rings is 2. The SMILES string of the molecule is CNC1CCCN(C(=O)CNC(=O)Cc2cccc3ccccc23)C1. The molecule has 1 atom stereocenters. The van der Waals surface area contributed by atoms with E-state index in [4.69, 9.17) is 0 Å². The second-order valence-electron chi connectivity index (χ2n) is 6.56. The number of fused-ring (bicyclic) bond motifs is 1.